The van der Waals surface area contributed by atoms with Crippen molar-refractivity contribution in [1.29, 1.82) is 0 Å². The Bertz CT molecular complexity index is 1380. The Balaban J connectivity index is 1.46. The maximum Gasteiger partial charge on any atom is 0.251 e. The van der Waals surface area contributed by atoms with Gasteiger partial charge in [0.1, 0.15) is 0 Å². The van der Waals surface area contributed by atoms with E-state index in [1.807, 2.05) is 45.2 Å². The van der Waals surface area contributed by atoms with Crippen LogP contribution in [0.3, 0.4) is 0 Å². The van der Waals surface area contributed by atoms with Gasteiger partial charge in [0.25, 0.3) is 5.91 Å². The first-order valence-electron chi connectivity index (χ1n) is 14.3. The average Bonchev–Trinajstić information content (AvgIpc) is 2.94. The number of nitrogens with one attached hydrogen (secondary N) is 2. The Labute approximate surface area is 243 Å². The van der Waals surface area contributed by atoms with Crippen molar-refractivity contribution in [2.45, 2.75) is 85.0 Å². The molecule has 214 valence electrons. The van der Waals surface area contributed by atoms with Crippen molar-refractivity contribution in [3.8, 4) is 0 Å². The molecule has 2 aromatic heterocycles. The first-order chi connectivity index (χ1) is 19.1. The van der Waals surface area contributed by atoms with Crippen molar-refractivity contribution in [2.24, 2.45) is 0 Å². The molecule has 0 saturated heterocycles. The highest BCUT2D eigenvalue weighted by Crippen LogP contribution is 2.35. The standard InChI is InChI=1S/C32H42ClN5O2/c1-7-38(26-13-11-25(12-14-26)37(6)23(5)29-10-8-9-15-34-29)30-18-24(33)17-27(21(30)3)32(40)35-19-28-22(4)36-20(2)16-31(28)39/h8-10,15-18,23,25-26H,7,11-14,19H2,1-6H3,(H,35,40)(H,36,39)/t23?,25-,26-. The van der Waals surface area contributed by atoms with E-state index in [9.17, 15) is 9.59 Å². The minimum atomic E-state index is -0.231. The van der Waals surface area contributed by atoms with Crippen LogP contribution in [0.15, 0.2) is 47.4 Å². The topological polar surface area (TPSA) is 81.3 Å². The fourth-order valence-corrected chi connectivity index (χ4v) is 6.32. The molecule has 1 aliphatic rings. The lowest BCUT2D eigenvalue weighted by Crippen LogP contribution is -2.44. The van der Waals surface area contributed by atoms with Crippen LogP contribution in [0.4, 0.5) is 5.69 Å². The van der Waals surface area contributed by atoms with Crippen molar-refractivity contribution >= 4 is 23.2 Å². The van der Waals surface area contributed by atoms with Crippen LogP contribution in [0.25, 0.3) is 0 Å². The summed E-state index contributed by atoms with van der Waals surface area (Å²) >= 11 is 6.57. The molecule has 1 atom stereocenters. The molecule has 3 aromatic rings. The summed E-state index contributed by atoms with van der Waals surface area (Å²) in [6.45, 7) is 11.1. The first kappa shape index (κ1) is 29.8. The number of carbonyl (C=O) groups is 1. The smallest absolute Gasteiger partial charge is 0.251 e. The fraction of sp³-hybridized carbons (Fsp3) is 0.469. The second-order valence-corrected chi connectivity index (χ2v) is 11.5. The zero-order chi connectivity index (χ0) is 29.0. The summed E-state index contributed by atoms with van der Waals surface area (Å²) in [5.74, 6) is -0.231. The van der Waals surface area contributed by atoms with E-state index in [1.54, 1.807) is 12.1 Å². The van der Waals surface area contributed by atoms with Crippen LogP contribution in [0.1, 0.15) is 84.1 Å². The molecule has 40 heavy (non-hydrogen) atoms. The van der Waals surface area contributed by atoms with Crippen LogP contribution in [-0.2, 0) is 6.54 Å². The molecule has 2 heterocycles. The van der Waals surface area contributed by atoms with Crippen molar-refractivity contribution in [2.75, 3.05) is 18.5 Å². The normalized spacial score (nSPS) is 18.0. The van der Waals surface area contributed by atoms with Crippen LogP contribution in [0, 0.1) is 20.8 Å². The number of halogens is 1. The number of nitrogens with zero attached hydrogens (tertiary/aromatic N) is 3. The molecule has 4 rings (SSSR count). The van der Waals surface area contributed by atoms with Gasteiger partial charge in [-0.25, -0.2) is 0 Å². The highest BCUT2D eigenvalue weighted by Gasteiger charge is 2.31. The number of H-pyrrole nitrogens is 1. The largest absolute Gasteiger partial charge is 0.369 e. The van der Waals surface area contributed by atoms with Crippen molar-refractivity contribution < 1.29 is 4.79 Å². The Morgan fingerprint density at radius 1 is 1.12 bits per heavy atom. The monoisotopic (exact) mass is 563 g/mol. The van der Waals surface area contributed by atoms with Crippen LogP contribution < -0.4 is 15.6 Å². The number of hydrogen-bond acceptors (Lipinski definition) is 5. The molecule has 8 heteroatoms. The molecule has 2 N–H and O–H groups in total. The lowest BCUT2D eigenvalue weighted by atomic mass is 9.88. The molecule has 0 spiro atoms. The quantitative estimate of drug-likeness (QED) is 0.328. The molecule has 0 bridgehead atoms. The van der Waals surface area contributed by atoms with E-state index < -0.39 is 0 Å². The lowest BCUT2D eigenvalue weighted by molar-refractivity contribution is 0.0950. The lowest BCUT2D eigenvalue weighted by Gasteiger charge is -2.42. The minimum absolute atomic E-state index is 0.0783. The van der Waals surface area contributed by atoms with E-state index in [-0.39, 0.29) is 23.9 Å². The highest BCUT2D eigenvalue weighted by molar-refractivity contribution is 6.31. The molecular weight excluding hydrogens is 522 g/mol. The van der Waals surface area contributed by atoms with Crippen LogP contribution >= 0.6 is 11.6 Å². The van der Waals surface area contributed by atoms with E-state index in [2.05, 4.69) is 52.0 Å². The maximum absolute atomic E-state index is 13.3. The molecule has 1 amide bonds. The second-order valence-electron chi connectivity index (χ2n) is 11.0. The van der Waals surface area contributed by atoms with Gasteiger partial charge in [0.2, 0.25) is 0 Å². The third kappa shape index (κ3) is 6.58. The number of rotatable bonds is 9. The molecule has 1 unspecified atom stereocenters. The Morgan fingerprint density at radius 2 is 1.82 bits per heavy atom. The first-order valence-corrected chi connectivity index (χ1v) is 14.7. The van der Waals surface area contributed by atoms with Crippen molar-refractivity contribution in [3.63, 3.8) is 0 Å². The third-order valence-corrected chi connectivity index (χ3v) is 8.78. The highest BCUT2D eigenvalue weighted by atomic mass is 35.5. The van der Waals surface area contributed by atoms with Gasteiger partial charge in [-0.2, -0.15) is 0 Å². The van der Waals surface area contributed by atoms with Gasteiger partial charge in [-0.3, -0.25) is 19.5 Å². The molecule has 1 aliphatic carbocycles. The number of aromatic amines is 1. The summed E-state index contributed by atoms with van der Waals surface area (Å²) in [7, 11) is 2.21. The number of anilines is 1. The summed E-state index contributed by atoms with van der Waals surface area (Å²) in [4.78, 5) is 38.4. The minimum Gasteiger partial charge on any atom is -0.369 e. The number of pyridine rings is 2. The Morgan fingerprint density at radius 3 is 2.45 bits per heavy atom. The van der Waals surface area contributed by atoms with Gasteiger partial charge < -0.3 is 15.2 Å². The van der Waals surface area contributed by atoms with Gasteiger partial charge in [0.15, 0.2) is 5.43 Å². The van der Waals surface area contributed by atoms with Crippen LogP contribution in [-0.4, -0.2) is 46.5 Å². The molecule has 1 saturated carbocycles. The van der Waals surface area contributed by atoms with E-state index in [1.165, 1.54) is 0 Å². The number of carbonyl (C=O) groups excluding carboxylic acids is 1. The van der Waals surface area contributed by atoms with Gasteiger partial charge in [-0.15, -0.1) is 0 Å². The predicted octanol–water partition coefficient (Wildman–Crippen LogP) is 6.11. The van der Waals surface area contributed by atoms with E-state index in [0.717, 1.165) is 60.6 Å². The van der Waals surface area contributed by atoms with Crippen LogP contribution in [0.2, 0.25) is 5.02 Å². The van der Waals surface area contributed by atoms with Gasteiger partial charge >= 0.3 is 0 Å². The van der Waals surface area contributed by atoms with Crippen LogP contribution in [0.5, 0.6) is 0 Å². The zero-order valence-corrected chi connectivity index (χ0v) is 25.3. The number of benzene rings is 1. The van der Waals surface area contributed by atoms with Gasteiger partial charge in [-0.05, 0) is 97.2 Å². The molecule has 7 nitrogen and oxygen atoms in total. The summed E-state index contributed by atoms with van der Waals surface area (Å²) < 4.78 is 0. The molecule has 1 aromatic carbocycles. The zero-order valence-electron chi connectivity index (χ0n) is 24.6. The second kappa shape index (κ2) is 13.0. The van der Waals surface area contributed by atoms with Crippen molar-refractivity contribution in [1.82, 2.24) is 20.2 Å². The van der Waals surface area contributed by atoms with E-state index >= 15 is 0 Å². The maximum atomic E-state index is 13.3. The SMILES string of the molecule is CCN(c1cc(Cl)cc(C(=O)NCc2c(C)[nH]c(C)cc2=O)c1C)[C@H]1CC[C@H](N(C)C(C)c2ccccn2)CC1. The Kier molecular flexibility index (Phi) is 9.69. The predicted molar refractivity (Wildman–Crippen MR) is 163 cm³/mol. The number of aromatic nitrogens is 2. The molecule has 1 fully saturated rings. The summed E-state index contributed by atoms with van der Waals surface area (Å²) in [6, 6.07) is 12.5. The van der Waals surface area contributed by atoms with E-state index in [4.69, 9.17) is 11.6 Å². The number of aryl methyl sites for hydroxylation is 2. The summed E-state index contributed by atoms with van der Waals surface area (Å²) in [6.07, 6.45) is 6.21. The average molecular weight is 564 g/mol. The number of amides is 1. The fourth-order valence-electron chi connectivity index (χ4n) is 6.11. The summed E-state index contributed by atoms with van der Waals surface area (Å²) in [5.41, 5.74) is 5.60. The van der Waals surface area contributed by atoms with E-state index in [0.29, 0.717) is 28.2 Å². The van der Waals surface area contributed by atoms with Gasteiger partial charge in [-0.1, -0.05) is 17.7 Å². The summed E-state index contributed by atoms with van der Waals surface area (Å²) in [5, 5.41) is 3.48. The molecule has 0 aliphatic heterocycles. The Hall–Kier alpha value is -3.16. The van der Waals surface area contributed by atoms with Crippen molar-refractivity contribution in [3.05, 3.63) is 91.6 Å². The third-order valence-electron chi connectivity index (χ3n) is 8.56. The van der Waals surface area contributed by atoms with Gasteiger partial charge in [0.05, 0.1) is 5.69 Å². The molecular formula is C32H42ClN5O2. The van der Waals surface area contributed by atoms with Gasteiger partial charge in [0, 0.05) is 76.7 Å². The molecule has 0 radical (unpaired) electrons. The number of hydrogen-bond donors (Lipinski definition) is 2.